The van der Waals surface area contributed by atoms with Crippen molar-refractivity contribution < 1.29 is 14.4 Å². The van der Waals surface area contributed by atoms with E-state index < -0.39 is 0 Å². The predicted octanol–water partition coefficient (Wildman–Crippen LogP) is 10.5. The first-order valence-electron chi connectivity index (χ1n) is 7.92. The molecule has 3 heteroatoms. The Morgan fingerprint density at radius 1 is 0.536 bits per heavy atom. The molecule has 0 amide bonds. The van der Waals surface area contributed by atoms with Crippen LogP contribution in [0.3, 0.4) is 0 Å². The molecule has 0 N–H and O–H groups in total. The standard InChI is InChI=1S/C5H8O.C3H6O.C2H4O.4C2H6.7CH4/c1-3-4-5(2)6;1-3(2)4;1-2-3;4*1-2;;;;;;;/h3-4H,1-2H3;1-2H3;2H,1H3;4*1-2H3;7*1H4/b4-3+;;;;;;;;;;;;;. The third-order valence-electron chi connectivity index (χ3n) is 0.401. The monoisotopic (exact) mass is 419 g/mol. The maximum Gasteiger partial charge on any atom is 0.152 e. The Morgan fingerprint density at radius 3 is 0.643 bits per heavy atom. The normalized spacial score (nSPS) is 4.32. The Labute approximate surface area is 186 Å². The molecule has 0 aliphatic rings. The molecule has 0 aromatic carbocycles. The Balaban J connectivity index is -0.00000000684. The second-order valence-electron chi connectivity index (χ2n) is 2.25. The van der Waals surface area contributed by atoms with Gasteiger partial charge < -0.3 is 9.59 Å². The fourth-order valence-corrected chi connectivity index (χ4v) is 0.235. The van der Waals surface area contributed by atoms with E-state index in [1.807, 2.05) is 62.3 Å². The van der Waals surface area contributed by atoms with Gasteiger partial charge in [0.1, 0.15) is 12.1 Å². The van der Waals surface area contributed by atoms with Crippen molar-refractivity contribution in [3.8, 4) is 0 Å². The molecule has 0 aliphatic carbocycles. The van der Waals surface area contributed by atoms with Gasteiger partial charge in [-0.15, -0.1) is 0 Å². The third kappa shape index (κ3) is 4560. The van der Waals surface area contributed by atoms with Crippen LogP contribution in [0.5, 0.6) is 0 Å². The molecule has 0 unspecified atom stereocenters. The molecule has 0 aromatic heterocycles. The lowest BCUT2D eigenvalue weighted by molar-refractivity contribution is -0.115. The SMILES string of the molecule is C.C.C.C.C.C.C.C/C=C/C(C)=O.CC.CC.CC.CC.CC(C)=O.CC=O. The first kappa shape index (κ1) is 109. The summed E-state index contributed by atoms with van der Waals surface area (Å²) in [6.45, 7) is 23.8. The lowest BCUT2D eigenvalue weighted by Gasteiger charge is -1.68. The number of aldehydes is 1. The van der Waals surface area contributed by atoms with Crippen LogP contribution in [0.15, 0.2) is 12.2 Å². The van der Waals surface area contributed by atoms with Crippen molar-refractivity contribution in [2.75, 3.05) is 0 Å². The van der Waals surface area contributed by atoms with E-state index in [1.54, 1.807) is 6.08 Å². The number of carbonyl (C=O) groups is 3. The zero-order valence-electron chi connectivity index (χ0n) is 17.0. The van der Waals surface area contributed by atoms with E-state index in [4.69, 9.17) is 4.79 Å². The van der Waals surface area contributed by atoms with E-state index in [0.717, 1.165) is 6.29 Å². The van der Waals surface area contributed by atoms with Crippen LogP contribution in [-0.4, -0.2) is 17.9 Å². The molecule has 28 heavy (non-hydrogen) atoms. The van der Waals surface area contributed by atoms with Crippen molar-refractivity contribution in [3.63, 3.8) is 0 Å². The van der Waals surface area contributed by atoms with Crippen LogP contribution in [0, 0.1) is 0 Å². The number of Topliss-reactive ketones (excluding diaryl/α,β-unsaturated/α-hetero) is 1. The summed E-state index contributed by atoms with van der Waals surface area (Å²) in [6, 6.07) is 0. The zero-order chi connectivity index (χ0) is 19.3. The van der Waals surface area contributed by atoms with Gasteiger partial charge in [-0.2, -0.15) is 0 Å². The number of allylic oxidation sites excluding steroid dienone is 2. The molecule has 0 saturated heterocycles. The van der Waals surface area contributed by atoms with Gasteiger partial charge in [0.15, 0.2) is 5.78 Å². The van der Waals surface area contributed by atoms with E-state index in [0.29, 0.717) is 0 Å². The Hall–Kier alpha value is -1.25. The second-order valence-corrected chi connectivity index (χ2v) is 2.25. The Morgan fingerprint density at radius 2 is 0.643 bits per heavy atom. The van der Waals surface area contributed by atoms with E-state index in [2.05, 4.69) is 0 Å². The zero-order valence-corrected chi connectivity index (χ0v) is 17.0. The van der Waals surface area contributed by atoms with E-state index in [1.165, 1.54) is 33.8 Å². The van der Waals surface area contributed by atoms with Crippen LogP contribution in [0.4, 0.5) is 0 Å². The Kier molecular flexibility index (Phi) is 1020. The number of rotatable bonds is 1. The highest BCUT2D eigenvalue weighted by Crippen LogP contribution is 1.69. The first-order chi connectivity index (χ1) is 9.92. The molecule has 3 nitrogen and oxygen atoms in total. The van der Waals surface area contributed by atoms with Crippen molar-refractivity contribution in [3.05, 3.63) is 12.2 Å². The molecule has 0 radical (unpaired) electrons. The minimum atomic E-state index is 0. The number of hydrogen-bond donors (Lipinski definition) is 0. The van der Waals surface area contributed by atoms with Gasteiger partial charge in [-0.3, -0.25) is 4.79 Å². The van der Waals surface area contributed by atoms with Gasteiger partial charge in [-0.1, -0.05) is 113 Å². The van der Waals surface area contributed by atoms with E-state index >= 15 is 0 Å². The molecule has 0 aliphatic heterocycles. The molecule has 0 heterocycles. The fourth-order valence-electron chi connectivity index (χ4n) is 0.235. The van der Waals surface area contributed by atoms with Gasteiger partial charge in [0, 0.05) is 0 Å². The molecule has 0 fully saturated rings. The van der Waals surface area contributed by atoms with Crippen LogP contribution in [0.25, 0.3) is 0 Å². The van der Waals surface area contributed by atoms with Crippen molar-refractivity contribution in [2.45, 2.75) is 142 Å². The third-order valence-corrected chi connectivity index (χ3v) is 0.401. The van der Waals surface area contributed by atoms with Crippen LogP contribution in [0.2, 0.25) is 0 Å². The molecular weight excluding hydrogens is 348 g/mol. The summed E-state index contributed by atoms with van der Waals surface area (Å²) in [7, 11) is 0. The van der Waals surface area contributed by atoms with Crippen molar-refractivity contribution in [2.24, 2.45) is 0 Å². The molecular formula is C25H70O3. The largest absolute Gasteiger partial charge is 0.304 e. The van der Waals surface area contributed by atoms with Crippen molar-refractivity contribution >= 4 is 17.9 Å². The Bertz CT molecular complexity index is 169. The van der Waals surface area contributed by atoms with Gasteiger partial charge in [-0.25, -0.2) is 0 Å². The molecule has 188 valence electrons. The maximum atomic E-state index is 9.96. The molecule has 0 spiro atoms. The summed E-state index contributed by atoms with van der Waals surface area (Å²) >= 11 is 0. The smallest absolute Gasteiger partial charge is 0.152 e. The van der Waals surface area contributed by atoms with Gasteiger partial charge in [0.2, 0.25) is 0 Å². The summed E-state index contributed by atoms with van der Waals surface area (Å²) < 4.78 is 0. The first-order valence-corrected chi connectivity index (χ1v) is 7.92. The quantitative estimate of drug-likeness (QED) is 0.314. The number of ketones is 2. The lowest BCUT2D eigenvalue weighted by atomic mass is 10.4. The highest BCUT2D eigenvalue weighted by Gasteiger charge is 1.73. The minimum Gasteiger partial charge on any atom is -0.304 e. The van der Waals surface area contributed by atoms with E-state index in [-0.39, 0.29) is 63.6 Å². The number of hydrogen-bond acceptors (Lipinski definition) is 3. The summed E-state index contributed by atoms with van der Waals surface area (Å²) in [4.78, 5) is 28.2. The maximum absolute atomic E-state index is 9.96. The van der Waals surface area contributed by atoms with Crippen molar-refractivity contribution in [1.82, 2.24) is 0 Å². The van der Waals surface area contributed by atoms with Crippen molar-refractivity contribution in [1.29, 1.82) is 0 Å². The molecule has 0 saturated carbocycles. The predicted molar refractivity (Wildman–Crippen MR) is 146 cm³/mol. The highest BCUT2D eigenvalue weighted by molar-refractivity contribution is 5.87. The molecule has 0 aromatic rings. The van der Waals surface area contributed by atoms with Crippen LogP contribution < -0.4 is 0 Å². The van der Waals surface area contributed by atoms with Crippen LogP contribution >= 0.6 is 0 Å². The summed E-state index contributed by atoms with van der Waals surface area (Å²) in [5.41, 5.74) is 0. The summed E-state index contributed by atoms with van der Waals surface area (Å²) in [6.07, 6.45) is 4.00. The van der Waals surface area contributed by atoms with Gasteiger partial charge in [0.25, 0.3) is 0 Å². The summed E-state index contributed by atoms with van der Waals surface area (Å²) in [5, 5.41) is 0. The highest BCUT2D eigenvalue weighted by atomic mass is 16.1. The molecule has 0 bridgehead atoms. The minimum absolute atomic E-state index is 0. The summed E-state index contributed by atoms with van der Waals surface area (Å²) in [5.74, 6) is 0.275. The van der Waals surface area contributed by atoms with Gasteiger partial charge in [-0.05, 0) is 40.7 Å². The fraction of sp³-hybridized carbons (Fsp3) is 0.800. The average molecular weight is 419 g/mol. The van der Waals surface area contributed by atoms with Crippen LogP contribution in [-0.2, 0) is 14.4 Å². The molecule has 0 rings (SSSR count). The second kappa shape index (κ2) is 263. The number of carbonyl (C=O) groups excluding carboxylic acids is 3. The average Bonchev–Trinajstić information content (AvgIpc) is 2.47. The van der Waals surface area contributed by atoms with E-state index in [9.17, 15) is 9.59 Å². The van der Waals surface area contributed by atoms with Gasteiger partial charge >= 0.3 is 0 Å². The lowest BCUT2D eigenvalue weighted by Crippen LogP contribution is -1.76. The molecule has 0 atom stereocenters. The van der Waals surface area contributed by atoms with Gasteiger partial charge in [0.05, 0.1) is 0 Å². The topological polar surface area (TPSA) is 51.2 Å². The van der Waals surface area contributed by atoms with Crippen LogP contribution in [0.1, 0.15) is 142 Å².